The van der Waals surface area contributed by atoms with Gasteiger partial charge in [0.25, 0.3) is 0 Å². The summed E-state index contributed by atoms with van der Waals surface area (Å²) in [5, 5.41) is 6.06. The molecule has 0 aromatic carbocycles. The second-order valence-electron chi connectivity index (χ2n) is 8.64. The Kier molecular flexibility index (Phi) is 6.72. The Labute approximate surface area is 152 Å². The second-order valence-corrected chi connectivity index (χ2v) is 8.64. The quantitative estimate of drug-likeness (QED) is 0.762. The van der Waals surface area contributed by atoms with E-state index in [0.717, 1.165) is 58.2 Å². The van der Waals surface area contributed by atoms with Crippen LogP contribution in [0.15, 0.2) is 0 Å². The summed E-state index contributed by atoms with van der Waals surface area (Å²) >= 11 is 0. The van der Waals surface area contributed by atoms with Gasteiger partial charge in [-0.1, -0.05) is 0 Å². The maximum absolute atomic E-state index is 12.2. The van der Waals surface area contributed by atoms with Gasteiger partial charge in [-0.05, 0) is 71.8 Å². The van der Waals surface area contributed by atoms with Gasteiger partial charge in [0.15, 0.2) is 0 Å². The Balaban J connectivity index is 1.76. The van der Waals surface area contributed by atoms with Crippen LogP contribution in [0.3, 0.4) is 0 Å². The van der Waals surface area contributed by atoms with E-state index in [0.29, 0.717) is 12.0 Å². The van der Waals surface area contributed by atoms with E-state index in [4.69, 9.17) is 4.74 Å². The topological polar surface area (TPSA) is 70.7 Å². The molecule has 1 saturated carbocycles. The molecule has 0 aromatic heterocycles. The Hall–Kier alpha value is -1.30. The summed E-state index contributed by atoms with van der Waals surface area (Å²) in [5.41, 5.74) is -0.120. The van der Waals surface area contributed by atoms with Crippen molar-refractivity contribution in [2.45, 2.75) is 64.9 Å². The number of hydrogen-bond donors (Lipinski definition) is 2. The fourth-order valence-electron chi connectivity index (χ4n) is 3.94. The number of carbonyl (C=O) groups is 2. The predicted octanol–water partition coefficient (Wildman–Crippen LogP) is 2.53. The Morgan fingerprint density at radius 3 is 2.20 bits per heavy atom. The molecule has 6 nitrogen and oxygen atoms in total. The highest BCUT2D eigenvalue weighted by molar-refractivity contribution is 5.78. The summed E-state index contributed by atoms with van der Waals surface area (Å²) in [6, 6.07) is 0. The van der Waals surface area contributed by atoms with Crippen LogP contribution in [0.4, 0.5) is 4.79 Å². The average Bonchev–Trinajstić information content (AvgIpc) is 2.55. The van der Waals surface area contributed by atoms with E-state index in [-0.39, 0.29) is 17.9 Å². The number of hydrogen-bond acceptors (Lipinski definition) is 4. The van der Waals surface area contributed by atoms with Crippen molar-refractivity contribution >= 4 is 12.0 Å². The summed E-state index contributed by atoms with van der Waals surface area (Å²) in [4.78, 5) is 26.2. The molecule has 6 heteroatoms. The third kappa shape index (κ3) is 5.87. The van der Waals surface area contributed by atoms with Gasteiger partial charge >= 0.3 is 6.09 Å². The van der Waals surface area contributed by atoms with Crippen molar-refractivity contribution < 1.29 is 14.3 Å². The van der Waals surface area contributed by atoms with Crippen LogP contribution in [0.1, 0.15) is 59.3 Å². The Morgan fingerprint density at radius 2 is 1.68 bits per heavy atom. The molecule has 2 aliphatic rings. The first-order valence-electron chi connectivity index (χ1n) is 9.65. The normalized spacial score (nSPS) is 21.2. The van der Waals surface area contributed by atoms with Gasteiger partial charge in [0.2, 0.25) is 5.91 Å². The number of nitrogens with zero attached hydrogens (tertiary/aromatic N) is 1. The van der Waals surface area contributed by atoms with Crippen molar-refractivity contribution in [3.8, 4) is 0 Å². The first kappa shape index (κ1) is 20.0. The van der Waals surface area contributed by atoms with Crippen LogP contribution in [-0.4, -0.2) is 55.7 Å². The smallest absolute Gasteiger partial charge is 0.410 e. The lowest BCUT2D eigenvalue weighted by molar-refractivity contribution is -0.127. The fourth-order valence-corrected chi connectivity index (χ4v) is 3.94. The van der Waals surface area contributed by atoms with Crippen LogP contribution in [0.5, 0.6) is 0 Å². The first-order chi connectivity index (χ1) is 11.7. The minimum Gasteiger partial charge on any atom is -0.444 e. The molecule has 2 fully saturated rings. The molecule has 0 aromatic rings. The molecule has 2 N–H and O–H groups in total. The fraction of sp³-hybridized carbons (Fsp3) is 0.895. The maximum Gasteiger partial charge on any atom is 0.410 e. The molecule has 1 spiro atoms. The molecular weight excluding hydrogens is 318 g/mol. The van der Waals surface area contributed by atoms with Gasteiger partial charge in [-0.15, -0.1) is 0 Å². The highest BCUT2D eigenvalue weighted by Crippen LogP contribution is 2.46. The summed E-state index contributed by atoms with van der Waals surface area (Å²) in [5.74, 6) is 0.364. The van der Waals surface area contributed by atoms with E-state index >= 15 is 0 Å². The number of rotatable bonds is 4. The maximum atomic E-state index is 12.2. The van der Waals surface area contributed by atoms with Gasteiger partial charge in [-0.25, -0.2) is 4.79 Å². The lowest BCUT2D eigenvalue weighted by Crippen LogP contribution is -2.47. The van der Waals surface area contributed by atoms with E-state index in [1.807, 2.05) is 32.7 Å². The third-order valence-electron chi connectivity index (χ3n) is 5.57. The van der Waals surface area contributed by atoms with Crippen molar-refractivity contribution in [3.05, 3.63) is 0 Å². The van der Waals surface area contributed by atoms with Gasteiger partial charge in [0, 0.05) is 32.1 Å². The number of likely N-dealkylation sites (tertiary alicyclic amines) is 1. The van der Waals surface area contributed by atoms with Crippen molar-refractivity contribution in [2.24, 2.45) is 11.3 Å². The highest BCUT2D eigenvalue weighted by atomic mass is 16.6. The number of carbonyl (C=O) groups excluding carboxylic acids is 2. The number of nitrogens with one attached hydrogen (secondary N) is 2. The molecule has 1 aliphatic heterocycles. The molecule has 0 unspecified atom stereocenters. The Bertz CT molecular complexity index is 455. The van der Waals surface area contributed by atoms with Crippen LogP contribution in [0.2, 0.25) is 0 Å². The summed E-state index contributed by atoms with van der Waals surface area (Å²) in [6.45, 7) is 8.75. The van der Waals surface area contributed by atoms with Crippen molar-refractivity contribution in [1.82, 2.24) is 15.5 Å². The third-order valence-corrected chi connectivity index (χ3v) is 5.57. The van der Waals surface area contributed by atoms with Gasteiger partial charge in [0.1, 0.15) is 5.60 Å². The second kappa shape index (κ2) is 8.39. The van der Waals surface area contributed by atoms with Gasteiger partial charge < -0.3 is 20.3 Å². The van der Waals surface area contributed by atoms with E-state index in [1.165, 1.54) is 0 Å². The molecule has 1 heterocycles. The van der Waals surface area contributed by atoms with Crippen molar-refractivity contribution in [2.75, 3.05) is 33.2 Å². The minimum absolute atomic E-state index is 0.159. The van der Waals surface area contributed by atoms with Crippen LogP contribution < -0.4 is 10.6 Å². The summed E-state index contributed by atoms with van der Waals surface area (Å²) < 4.78 is 5.48. The zero-order valence-corrected chi connectivity index (χ0v) is 16.3. The predicted molar refractivity (Wildman–Crippen MR) is 98.4 cm³/mol. The minimum atomic E-state index is -0.440. The van der Waals surface area contributed by atoms with Crippen molar-refractivity contribution in [1.29, 1.82) is 0 Å². The standard InChI is InChI=1S/C19H35N3O3/c1-18(2,3)25-17(24)22-13-9-19(10-14-22)7-5-15(6-8-19)16(23)21-12-11-20-4/h15,20H,5-14H2,1-4H3,(H,21,23). The van der Waals surface area contributed by atoms with Crippen LogP contribution >= 0.6 is 0 Å². The number of piperidine rings is 1. The molecule has 0 atom stereocenters. The van der Waals surface area contributed by atoms with Crippen molar-refractivity contribution in [3.63, 3.8) is 0 Å². The SMILES string of the molecule is CNCCNC(=O)C1CCC2(CC1)CCN(C(=O)OC(C)(C)C)CC2. The zero-order chi connectivity index (χ0) is 18.5. The lowest BCUT2D eigenvalue weighted by atomic mass is 9.65. The highest BCUT2D eigenvalue weighted by Gasteiger charge is 2.41. The molecule has 25 heavy (non-hydrogen) atoms. The first-order valence-corrected chi connectivity index (χ1v) is 9.65. The average molecular weight is 354 g/mol. The molecule has 0 bridgehead atoms. The van der Waals surface area contributed by atoms with Gasteiger partial charge in [-0.2, -0.15) is 0 Å². The Morgan fingerprint density at radius 1 is 1.08 bits per heavy atom. The van der Waals surface area contributed by atoms with Gasteiger partial charge in [0.05, 0.1) is 0 Å². The molecule has 2 rings (SSSR count). The van der Waals surface area contributed by atoms with E-state index in [2.05, 4.69) is 10.6 Å². The number of ether oxygens (including phenoxy) is 1. The van der Waals surface area contributed by atoms with E-state index < -0.39 is 5.60 Å². The molecule has 1 saturated heterocycles. The monoisotopic (exact) mass is 353 g/mol. The largest absolute Gasteiger partial charge is 0.444 e. The van der Waals surface area contributed by atoms with E-state index in [9.17, 15) is 9.59 Å². The molecule has 0 radical (unpaired) electrons. The van der Waals surface area contributed by atoms with Gasteiger partial charge in [-0.3, -0.25) is 4.79 Å². The number of likely N-dealkylation sites (N-methyl/N-ethyl adjacent to an activating group) is 1. The zero-order valence-electron chi connectivity index (χ0n) is 16.3. The summed E-state index contributed by atoms with van der Waals surface area (Å²) in [7, 11) is 1.89. The summed E-state index contributed by atoms with van der Waals surface area (Å²) in [6.07, 6.45) is 5.99. The van der Waals surface area contributed by atoms with Crippen LogP contribution in [0.25, 0.3) is 0 Å². The van der Waals surface area contributed by atoms with Crippen LogP contribution in [0, 0.1) is 11.3 Å². The van der Waals surface area contributed by atoms with Crippen LogP contribution in [-0.2, 0) is 9.53 Å². The molecule has 2 amide bonds. The molecule has 144 valence electrons. The molecular formula is C19H35N3O3. The lowest BCUT2D eigenvalue weighted by Gasteiger charge is -2.45. The van der Waals surface area contributed by atoms with E-state index in [1.54, 1.807) is 0 Å². The molecule has 1 aliphatic carbocycles. The number of amides is 2.